The Labute approximate surface area is 124 Å². The number of hydrogen-bond acceptors (Lipinski definition) is 3. The van der Waals surface area contributed by atoms with Crippen molar-refractivity contribution in [1.29, 1.82) is 0 Å². The van der Waals surface area contributed by atoms with Crippen molar-refractivity contribution >= 4 is 11.9 Å². The third-order valence-corrected chi connectivity index (χ3v) is 2.93. The van der Waals surface area contributed by atoms with Gasteiger partial charge in [0.2, 0.25) is 5.91 Å². The van der Waals surface area contributed by atoms with Crippen LogP contribution in [0.25, 0.3) is 0 Å². The van der Waals surface area contributed by atoms with E-state index in [4.69, 9.17) is 9.84 Å². The molecule has 114 valence electrons. The number of amides is 1. The number of ether oxygens (including phenoxy) is 1. The molecule has 5 heteroatoms. The van der Waals surface area contributed by atoms with E-state index >= 15 is 0 Å². The number of benzene rings is 1. The van der Waals surface area contributed by atoms with Gasteiger partial charge < -0.3 is 15.2 Å². The van der Waals surface area contributed by atoms with Crippen molar-refractivity contribution in [3.05, 3.63) is 48.0 Å². The van der Waals surface area contributed by atoms with Crippen LogP contribution in [0.1, 0.15) is 25.8 Å². The van der Waals surface area contributed by atoms with Crippen LogP contribution in [0.3, 0.4) is 0 Å². The van der Waals surface area contributed by atoms with Crippen LogP contribution in [-0.2, 0) is 20.9 Å². The summed E-state index contributed by atoms with van der Waals surface area (Å²) in [5, 5.41) is 11.5. The van der Waals surface area contributed by atoms with E-state index in [0.717, 1.165) is 5.56 Å². The minimum Gasteiger partial charge on any atom is -0.480 e. The SMILES string of the molecule is C/C=C/CC(NC(=O)C(C)OCc1ccccc1)C(=O)O. The van der Waals surface area contributed by atoms with E-state index in [-0.39, 0.29) is 6.42 Å². The molecule has 0 radical (unpaired) electrons. The van der Waals surface area contributed by atoms with Crippen molar-refractivity contribution in [1.82, 2.24) is 5.32 Å². The lowest BCUT2D eigenvalue weighted by Crippen LogP contribution is -2.45. The highest BCUT2D eigenvalue weighted by atomic mass is 16.5. The van der Waals surface area contributed by atoms with Crippen molar-refractivity contribution in [2.45, 2.75) is 39.0 Å². The van der Waals surface area contributed by atoms with Gasteiger partial charge in [-0.25, -0.2) is 4.79 Å². The summed E-state index contributed by atoms with van der Waals surface area (Å²) >= 11 is 0. The van der Waals surface area contributed by atoms with E-state index in [9.17, 15) is 9.59 Å². The van der Waals surface area contributed by atoms with Gasteiger partial charge in [0.25, 0.3) is 0 Å². The van der Waals surface area contributed by atoms with Crippen LogP contribution < -0.4 is 5.32 Å². The number of allylic oxidation sites excluding steroid dienone is 1. The largest absolute Gasteiger partial charge is 0.480 e. The molecule has 1 aromatic carbocycles. The van der Waals surface area contributed by atoms with Crippen molar-refractivity contribution in [3.8, 4) is 0 Å². The molecule has 1 amide bonds. The first-order valence-corrected chi connectivity index (χ1v) is 6.84. The molecule has 0 bridgehead atoms. The third kappa shape index (κ3) is 6.23. The van der Waals surface area contributed by atoms with E-state index in [1.165, 1.54) is 0 Å². The predicted octanol–water partition coefficient (Wildman–Crippen LogP) is 2.13. The molecule has 2 unspecified atom stereocenters. The maximum atomic E-state index is 11.9. The zero-order valence-corrected chi connectivity index (χ0v) is 12.3. The number of aliphatic carboxylic acids is 1. The molecule has 0 spiro atoms. The predicted molar refractivity (Wildman–Crippen MR) is 79.7 cm³/mol. The normalized spacial score (nSPS) is 13.8. The summed E-state index contributed by atoms with van der Waals surface area (Å²) in [5.41, 5.74) is 0.959. The lowest BCUT2D eigenvalue weighted by molar-refractivity contribution is -0.144. The third-order valence-electron chi connectivity index (χ3n) is 2.93. The summed E-state index contributed by atoms with van der Waals surface area (Å²) in [6.45, 7) is 3.71. The molecular formula is C16H21NO4. The van der Waals surface area contributed by atoms with E-state index in [1.807, 2.05) is 30.3 Å². The molecule has 2 atom stereocenters. The highest BCUT2D eigenvalue weighted by Gasteiger charge is 2.22. The number of carboxylic acid groups (broad SMARTS) is 1. The Bertz CT molecular complexity index is 484. The second-order valence-electron chi connectivity index (χ2n) is 4.64. The molecule has 1 rings (SSSR count). The average molecular weight is 291 g/mol. The summed E-state index contributed by atoms with van der Waals surface area (Å²) in [5.74, 6) is -1.49. The zero-order valence-electron chi connectivity index (χ0n) is 12.3. The maximum absolute atomic E-state index is 11.9. The Morgan fingerprint density at radius 2 is 2.00 bits per heavy atom. The number of carbonyl (C=O) groups excluding carboxylic acids is 1. The molecule has 0 aliphatic rings. The fraction of sp³-hybridized carbons (Fsp3) is 0.375. The van der Waals surface area contributed by atoms with Gasteiger partial charge in [0.05, 0.1) is 6.61 Å². The molecule has 0 fully saturated rings. The fourth-order valence-corrected chi connectivity index (χ4v) is 1.65. The Balaban J connectivity index is 2.47. The quantitative estimate of drug-likeness (QED) is 0.719. The molecule has 0 saturated heterocycles. The molecular weight excluding hydrogens is 270 g/mol. The number of nitrogens with one attached hydrogen (secondary N) is 1. The highest BCUT2D eigenvalue weighted by molar-refractivity contribution is 5.86. The monoisotopic (exact) mass is 291 g/mol. The Hall–Kier alpha value is -2.14. The van der Waals surface area contributed by atoms with E-state index in [1.54, 1.807) is 26.0 Å². The summed E-state index contributed by atoms with van der Waals surface area (Å²) in [6.07, 6.45) is 2.99. The van der Waals surface area contributed by atoms with Crippen molar-refractivity contribution < 1.29 is 19.4 Å². The number of carboxylic acids is 1. The van der Waals surface area contributed by atoms with Gasteiger partial charge in [0, 0.05) is 0 Å². The number of rotatable bonds is 8. The van der Waals surface area contributed by atoms with Gasteiger partial charge in [-0.05, 0) is 25.8 Å². The lowest BCUT2D eigenvalue weighted by atomic mass is 10.2. The molecule has 2 N–H and O–H groups in total. The Morgan fingerprint density at radius 1 is 1.33 bits per heavy atom. The van der Waals surface area contributed by atoms with Crippen LogP contribution in [0.15, 0.2) is 42.5 Å². The second kappa shape index (κ2) is 8.92. The highest BCUT2D eigenvalue weighted by Crippen LogP contribution is 2.04. The van der Waals surface area contributed by atoms with Crippen LogP contribution in [0.2, 0.25) is 0 Å². The van der Waals surface area contributed by atoms with Gasteiger partial charge in [-0.3, -0.25) is 4.79 Å². The first-order valence-electron chi connectivity index (χ1n) is 6.84. The Kier molecular flexibility index (Phi) is 7.18. The van der Waals surface area contributed by atoms with Gasteiger partial charge in [-0.1, -0.05) is 42.5 Å². The molecule has 21 heavy (non-hydrogen) atoms. The minimum atomic E-state index is -1.06. The molecule has 0 aliphatic carbocycles. The zero-order chi connectivity index (χ0) is 15.7. The van der Waals surface area contributed by atoms with E-state index in [0.29, 0.717) is 6.61 Å². The van der Waals surface area contributed by atoms with Crippen LogP contribution in [0.4, 0.5) is 0 Å². The summed E-state index contributed by atoms with van der Waals surface area (Å²) in [4.78, 5) is 23.0. The smallest absolute Gasteiger partial charge is 0.326 e. The first kappa shape index (κ1) is 16.9. The van der Waals surface area contributed by atoms with E-state index in [2.05, 4.69) is 5.32 Å². The van der Waals surface area contributed by atoms with Crippen LogP contribution in [0, 0.1) is 0 Å². The fourth-order valence-electron chi connectivity index (χ4n) is 1.65. The van der Waals surface area contributed by atoms with Crippen LogP contribution in [0.5, 0.6) is 0 Å². The molecule has 0 aromatic heterocycles. The van der Waals surface area contributed by atoms with Crippen molar-refractivity contribution in [2.24, 2.45) is 0 Å². The molecule has 5 nitrogen and oxygen atoms in total. The van der Waals surface area contributed by atoms with E-state index < -0.39 is 24.0 Å². The van der Waals surface area contributed by atoms with Gasteiger partial charge >= 0.3 is 5.97 Å². The lowest BCUT2D eigenvalue weighted by Gasteiger charge is -2.17. The minimum absolute atomic E-state index is 0.253. The van der Waals surface area contributed by atoms with Gasteiger partial charge in [0.1, 0.15) is 12.1 Å². The molecule has 0 saturated carbocycles. The summed E-state index contributed by atoms with van der Waals surface area (Å²) < 4.78 is 5.45. The molecule has 1 aromatic rings. The summed E-state index contributed by atoms with van der Waals surface area (Å²) in [6, 6.07) is 8.55. The number of carbonyl (C=O) groups is 2. The standard InChI is InChI=1S/C16H21NO4/c1-3-4-10-14(16(19)20)17-15(18)12(2)21-11-13-8-6-5-7-9-13/h3-9,12,14H,10-11H2,1-2H3,(H,17,18)(H,19,20)/b4-3+. The van der Waals surface area contributed by atoms with Crippen molar-refractivity contribution in [2.75, 3.05) is 0 Å². The van der Waals surface area contributed by atoms with Crippen LogP contribution in [-0.4, -0.2) is 29.1 Å². The first-order chi connectivity index (χ1) is 10.0. The summed E-state index contributed by atoms with van der Waals surface area (Å²) in [7, 11) is 0. The number of hydrogen-bond donors (Lipinski definition) is 2. The van der Waals surface area contributed by atoms with Gasteiger partial charge in [0.15, 0.2) is 0 Å². The maximum Gasteiger partial charge on any atom is 0.326 e. The van der Waals surface area contributed by atoms with Crippen molar-refractivity contribution in [3.63, 3.8) is 0 Å². The topological polar surface area (TPSA) is 75.6 Å². The van der Waals surface area contributed by atoms with Gasteiger partial charge in [-0.15, -0.1) is 0 Å². The van der Waals surface area contributed by atoms with Gasteiger partial charge in [-0.2, -0.15) is 0 Å². The van der Waals surface area contributed by atoms with Crippen LogP contribution >= 0.6 is 0 Å². The Morgan fingerprint density at radius 3 is 2.57 bits per heavy atom. The molecule has 0 aliphatic heterocycles. The second-order valence-corrected chi connectivity index (χ2v) is 4.64. The molecule has 0 heterocycles. The average Bonchev–Trinajstić information content (AvgIpc) is 2.49.